The van der Waals surface area contributed by atoms with Gasteiger partial charge >= 0.3 is 0 Å². The van der Waals surface area contributed by atoms with E-state index in [9.17, 15) is 4.39 Å². The second-order valence-corrected chi connectivity index (χ2v) is 3.81. The van der Waals surface area contributed by atoms with Crippen molar-refractivity contribution in [2.24, 2.45) is 0 Å². The summed E-state index contributed by atoms with van der Waals surface area (Å²) in [5, 5.41) is 11.1. The topological polar surface area (TPSA) is 43.6 Å². The summed E-state index contributed by atoms with van der Waals surface area (Å²) in [6.07, 6.45) is 0. The third-order valence-electron chi connectivity index (χ3n) is 2.04. The zero-order chi connectivity index (χ0) is 11.5. The average molecular weight is 261 g/mol. The van der Waals surface area contributed by atoms with Gasteiger partial charge in [-0.1, -0.05) is 17.7 Å². The minimum atomic E-state index is -0.445. The lowest BCUT2D eigenvalue weighted by atomic mass is 10.2. The second-order valence-electron chi connectivity index (χ2n) is 3.13. The van der Waals surface area contributed by atoms with Crippen molar-refractivity contribution in [2.45, 2.75) is 12.4 Å². The maximum absolute atomic E-state index is 12.9. The molecule has 0 spiro atoms. The molecule has 0 aliphatic heterocycles. The molecular weight excluding hydrogens is 254 g/mol. The second kappa shape index (κ2) is 4.76. The van der Waals surface area contributed by atoms with Gasteiger partial charge in [0.15, 0.2) is 5.82 Å². The highest BCUT2D eigenvalue weighted by Crippen LogP contribution is 2.16. The number of rotatable bonds is 3. The van der Waals surface area contributed by atoms with Gasteiger partial charge in [-0.2, -0.15) is 0 Å². The van der Waals surface area contributed by atoms with Gasteiger partial charge in [0.25, 0.3) is 0 Å². The lowest BCUT2D eigenvalue weighted by molar-refractivity contribution is 0.616. The van der Waals surface area contributed by atoms with Gasteiger partial charge in [-0.25, -0.2) is 9.07 Å². The van der Waals surface area contributed by atoms with E-state index in [0.717, 1.165) is 5.56 Å². The van der Waals surface area contributed by atoms with Crippen LogP contribution in [0.1, 0.15) is 11.4 Å². The zero-order valence-corrected chi connectivity index (χ0v) is 9.58. The molecule has 0 unspecified atom stereocenters. The molecule has 16 heavy (non-hydrogen) atoms. The molecule has 0 aliphatic carbocycles. The Balaban J connectivity index is 2.24. The monoisotopic (exact) mass is 260 g/mol. The third kappa shape index (κ3) is 2.31. The Hall–Kier alpha value is -1.20. The van der Waals surface area contributed by atoms with Gasteiger partial charge in [-0.15, -0.1) is 16.7 Å². The predicted molar refractivity (Wildman–Crippen MR) is 57.9 cm³/mol. The highest BCUT2D eigenvalue weighted by atomic mass is 35.5. The van der Waals surface area contributed by atoms with Crippen LogP contribution in [-0.4, -0.2) is 20.2 Å². The molecule has 0 N–H and O–H groups in total. The van der Waals surface area contributed by atoms with Gasteiger partial charge in [0, 0.05) is 0 Å². The van der Waals surface area contributed by atoms with Crippen LogP contribution in [0, 0.1) is 5.82 Å². The Morgan fingerprint density at radius 1 is 1.38 bits per heavy atom. The first kappa shape index (κ1) is 11.3. The molecule has 1 aromatic carbocycles. The number of benzene rings is 1. The van der Waals surface area contributed by atoms with Crippen LogP contribution in [0.5, 0.6) is 0 Å². The van der Waals surface area contributed by atoms with Crippen molar-refractivity contribution in [3.05, 3.63) is 40.4 Å². The van der Waals surface area contributed by atoms with Crippen molar-refractivity contribution in [1.29, 1.82) is 0 Å². The minimum Gasteiger partial charge on any atom is -0.224 e. The van der Waals surface area contributed by atoms with Crippen LogP contribution in [0.15, 0.2) is 18.2 Å². The number of hydrogen-bond acceptors (Lipinski definition) is 3. The van der Waals surface area contributed by atoms with E-state index in [1.54, 1.807) is 6.07 Å². The third-order valence-corrected chi connectivity index (χ3v) is 2.57. The number of nitrogens with zero attached hydrogens (tertiary/aromatic N) is 4. The predicted octanol–water partition coefficient (Wildman–Crippen LogP) is 2.25. The first-order valence-electron chi connectivity index (χ1n) is 4.45. The lowest BCUT2D eigenvalue weighted by Crippen LogP contribution is -2.06. The van der Waals surface area contributed by atoms with E-state index in [4.69, 9.17) is 23.2 Å². The van der Waals surface area contributed by atoms with Crippen molar-refractivity contribution in [3.63, 3.8) is 0 Å². The summed E-state index contributed by atoms with van der Waals surface area (Å²) in [5.74, 6) is 0.337. The van der Waals surface area contributed by atoms with E-state index >= 15 is 0 Å². The molecule has 84 valence electrons. The summed E-state index contributed by atoms with van der Waals surface area (Å²) in [7, 11) is 0. The molecule has 0 amide bonds. The summed E-state index contributed by atoms with van der Waals surface area (Å²) in [6, 6.07) is 4.47. The first-order valence-corrected chi connectivity index (χ1v) is 5.37. The van der Waals surface area contributed by atoms with Gasteiger partial charge in [0.05, 0.1) is 17.4 Å². The summed E-state index contributed by atoms with van der Waals surface area (Å²) < 4.78 is 14.5. The van der Waals surface area contributed by atoms with Crippen molar-refractivity contribution < 1.29 is 4.39 Å². The normalized spacial score (nSPS) is 10.7. The fraction of sp³-hybridized carbons (Fsp3) is 0.222. The molecule has 4 nitrogen and oxygen atoms in total. The maximum Gasteiger partial charge on any atom is 0.166 e. The Bertz CT molecular complexity index is 500. The SMILES string of the molecule is Fc1ccc(Cn2nnnc2CCl)cc1Cl. The molecule has 0 aliphatic rings. The molecule has 1 aromatic heterocycles. The van der Waals surface area contributed by atoms with Gasteiger partial charge < -0.3 is 0 Å². The van der Waals surface area contributed by atoms with E-state index in [-0.39, 0.29) is 10.9 Å². The molecule has 7 heteroatoms. The molecule has 0 bridgehead atoms. The van der Waals surface area contributed by atoms with Crippen LogP contribution in [0.2, 0.25) is 5.02 Å². The lowest BCUT2D eigenvalue weighted by Gasteiger charge is -2.03. The summed E-state index contributed by atoms with van der Waals surface area (Å²) in [6.45, 7) is 0.412. The summed E-state index contributed by atoms with van der Waals surface area (Å²) in [5.41, 5.74) is 0.810. The molecular formula is C9H7Cl2FN4. The molecule has 2 rings (SSSR count). The highest BCUT2D eigenvalue weighted by molar-refractivity contribution is 6.30. The molecule has 1 heterocycles. The van der Waals surface area contributed by atoms with Crippen LogP contribution in [-0.2, 0) is 12.4 Å². The smallest absolute Gasteiger partial charge is 0.166 e. The number of alkyl halides is 1. The number of halogens is 3. The fourth-order valence-corrected chi connectivity index (χ4v) is 1.65. The number of hydrogen-bond donors (Lipinski definition) is 0. The Morgan fingerprint density at radius 3 is 2.88 bits per heavy atom. The van der Waals surface area contributed by atoms with Crippen molar-refractivity contribution in [3.8, 4) is 0 Å². The van der Waals surface area contributed by atoms with E-state index in [1.807, 2.05) is 0 Å². The number of tetrazole rings is 1. The zero-order valence-electron chi connectivity index (χ0n) is 8.07. The van der Waals surface area contributed by atoms with E-state index < -0.39 is 5.82 Å². The number of aromatic nitrogens is 4. The Labute approximate surface area is 101 Å². The van der Waals surface area contributed by atoms with Crippen molar-refractivity contribution in [1.82, 2.24) is 20.2 Å². The quantitative estimate of drug-likeness (QED) is 0.796. The van der Waals surface area contributed by atoms with E-state index in [0.29, 0.717) is 12.4 Å². The van der Waals surface area contributed by atoms with Crippen LogP contribution < -0.4 is 0 Å². The molecule has 0 saturated heterocycles. The van der Waals surface area contributed by atoms with Crippen LogP contribution >= 0.6 is 23.2 Å². The highest BCUT2D eigenvalue weighted by Gasteiger charge is 2.06. The molecule has 2 aromatic rings. The summed E-state index contributed by atoms with van der Waals surface area (Å²) >= 11 is 11.3. The van der Waals surface area contributed by atoms with E-state index in [1.165, 1.54) is 16.8 Å². The van der Waals surface area contributed by atoms with Crippen LogP contribution in [0.4, 0.5) is 4.39 Å². The maximum atomic E-state index is 12.9. The van der Waals surface area contributed by atoms with Gasteiger partial charge in [0.2, 0.25) is 0 Å². The molecule has 0 radical (unpaired) electrons. The largest absolute Gasteiger partial charge is 0.224 e. The average Bonchev–Trinajstić information content (AvgIpc) is 2.71. The fourth-order valence-electron chi connectivity index (χ4n) is 1.25. The Morgan fingerprint density at radius 2 is 2.19 bits per heavy atom. The first-order chi connectivity index (χ1) is 7.70. The van der Waals surface area contributed by atoms with Crippen molar-refractivity contribution >= 4 is 23.2 Å². The van der Waals surface area contributed by atoms with Crippen LogP contribution in [0.25, 0.3) is 0 Å². The van der Waals surface area contributed by atoms with Crippen molar-refractivity contribution in [2.75, 3.05) is 0 Å². The Kier molecular flexibility index (Phi) is 3.36. The minimum absolute atomic E-state index is 0.0815. The standard InChI is InChI=1S/C9H7Cl2FN4/c10-4-9-13-14-15-16(9)5-6-1-2-8(12)7(11)3-6/h1-3H,4-5H2. The van der Waals surface area contributed by atoms with Gasteiger partial charge in [-0.05, 0) is 28.1 Å². The van der Waals surface area contributed by atoms with Gasteiger partial charge in [-0.3, -0.25) is 0 Å². The van der Waals surface area contributed by atoms with E-state index in [2.05, 4.69) is 15.5 Å². The van der Waals surface area contributed by atoms with Gasteiger partial charge in [0.1, 0.15) is 5.82 Å². The molecule has 0 atom stereocenters. The molecule has 0 saturated carbocycles. The van der Waals surface area contributed by atoms with Crippen LogP contribution in [0.3, 0.4) is 0 Å². The summed E-state index contributed by atoms with van der Waals surface area (Å²) in [4.78, 5) is 0. The molecule has 0 fully saturated rings.